The van der Waals surface area contributed by atoms with Crippen LogP contribution >= 0.6 is 17.2 Å². The molecule has 4 rings (SSSR count). The van der Waals surface area contributed by atoms with Crippen LogP contribution in [0.3, 0.4) is 0 Å². The molecule has 11 nitrogen and oxygen atoms in total. The summed E-state index contributed by atoms with van der Waals surface area (Å²) in [6, 6.07) is 0. The number of fused-ring (bicyclic) bond motifs is 5. The van der Waals surface area contributed by atoms with E-state index in [4.69, 9.17) is 38.5 Å². The predicted octanol–water partition coefficient (Wildman–Crippen LogP) is 6.57. The van der Waals surface area contributed by atoms with Crippen LogP contribution in [0.25, 0.3) is 0 Å². The second kappa shape index (κ2) is 18.8. The van der Waals surface area contributed by atoms with Gasteiger partial charge in [-0.25, -0.2) is 0 Å². The fourth-order valence-corrected chi connectivity index (χ4v) is 10.8. The molecule has 0 heterocycles. The fourth-order valence-electron chi connectivity index (χ4n) is 10.0. The SMILES string of the molecule is CC(C)CCCC(C)C1CCC2C3CC=C4CC(OCCOCCOCCOCC(O)(OP(O)O)OP(O)O)CCC4(C)C3CCC12C. The molecule has 280 valence electrons. The van der Waals surface area contributed by atoms with Crippen LogP contribution < -0.4 is 0 Å². The standard InChI is InChI=1S/C35H64O11P2/c1-25(2)7-6-8-26(3)30-11-12-31-29-10-9-27-23-28(13-15-33(27,4)32(29)14-16-34(30,31)5)44-22-21-42-18-17-41-19-20-43-24-35(36,45-47(37)38)46-48(39)40/h9,25-26,28-32,36-40H,6-8,10-24H2,1-5H3. The molecular weight excluding hydrogens is 658 g/mol. The van der Waals surface area contributed by atoms with Crippen molar-refractivity contribution in [1.82, 2.24) is 0 Å². The Hall–Kier alpha value is 0.160. The first-order chi connectivity index (χ1) is 22.8. The number of allylic oxidation sites excluding steroid dienone is 1. The molecule has 8 atom stereocenters. The van der Waals surface area contributed by atoms with Gasteiger partial charge in [0.1, 0.15) is 6.61 Å². The highest BCUT2D eigenvalue weighted by Gasteiger charge is 2.59. The van der Waals surface area contributed by atoms with Gasteiger partial charge in [-0.15, -0.1) is 0 Å². The van der Waals surface area contributed by atoms with Crippen LogP contribution in [-0.4, -0.2) is 83.0 Å². The van der Waals surface area contributed by atoms with E-state index >= 15 is 0 Å². The van der Waals surface area contributed by atoms with Crippen LogP contribution in [0.1, 0.15) is 105 Å². The Morgan fingerprint density at radius 3 is 2.10 bits per heavy atom. The van der Waals surface area contributed by atoms with E-state index < -0.39 is 29.8 Å². The van der Waals surface area contributed by atoms with Gasteiger partial charge in [0.25, 0.3) is 0 Å². The Bertz CT molecular complexity index is 990. The molecule has 0 radical (unpaired) electrons. The van der Waals surface area contributed by atoms with Gasteiger partial charge >= 0.3 is 23.2 Å². The lowest BCUT2D eigenvalue weighted by Gasteiger charge is -2.58. The van der Waals surface area contributed by atoms with E-state index in [2.05, 4.69) is 49.7 Å². The summed E-state index contributed by atoms with van der Waals surface area (Å²) >= 11 is 0. The summed E-state index contributed by atoms with van der Waals surface area (Å²) in [4.78, 5) is 35.6. The van der Waals surface area contributed by atoms with Crippen LogP contribution in [0.4, 0.5) is 0 Å². The molecule has 4 aliphatic carbocycles. The lowest BCUT2D eigenvalue weighted by atomic mass is 9.47. The van der Waals surface area contributed by atoms with E-state index in [0.29, 0.717) is 37.3 Å². The molecule has 0 aromatic carbocycles. The van der Waals surface area contributed by atoms with Gasteiger partial charge in [0, 0.05) is 0 Å². The molecule has 0 aromatic rings. The van der Waals surface area contributed by atoms with E-state index in [1.165, 1.54) is 57.8 Å². The van der Waals surface area contributed by atoms with Crippen LogP contribution in [0.2, 0.25) is 0 Å². The van der Waals surface area contributed by atoms with E-state index in [9.17, 15) is 5.11 Å². The van der Waals surface area contributed by atoms with E-state index in [-0.39, 0.29) is 19.3 Å². The largest absolute Gasteiger partial charge is 0.377 e. The maximum Gasteiger partial charge on any atom is 0.331 e. The van der Waals surface area contributed by atoms with Crippen molar-refractivity contribution in [1.29, 1.82) is 0 Å². The number of hydrogen-bond donors (Lipinski definition) is 5. The first-order valence-corrected chi connectivity index (χ1v) is 20.6. The predicted molar refractivity (Wildman–Crippen MR) is 185 cm³/mol. The molecule has 0 bridgehead atoms. The summed E-state index contributed by atoms with van der Waals surface area (Å²) in [6.07, 6.45) is 17.3. The van der Waals surface area contributed by atoms with Crippen LogP contribution in [0.15, 0.2) is 11.6 Å². The van der Waals surface area contributed by atoms with Crippen molar-refractivity contribution in [3.63, 3.8) is 0 Å². The van der Waals surface area contributed by atoms with Gasteiger partial charge in [0.05, 0.1) is 45.7 Å². The molecule has 13 heteroatoms. The minimum Gasteiger partial charge on any atom is -0.377 e. The topological polar surface area (TPSA) is 157 Å². The molecule has 0 spiro atoms. The molecule has 5 N–H and O–H groups in total. The number of rotatable bonds is 21. The van der Waals surface area contributed by atoms with Crippen molar-refractivity contribution in [3.05, 3.63) is 11.6 Å². The summed E-state index contributed by atoms with van der Waals surface area (Å²) in [5.41, 5.74) is 2.49. The Balaban J connectivity index is 1.11. The molecule has 8 unspecified atom stereocenters. The molecule has 0 aliphatic heterocycles. The van der Waals surface area contributed by atoms with Crippen molar-refractivity contribution in [2.24, 2.45) is 46.3 Å². The Labute approximate surface area is 291 Å². The van der Waals surface area contributed by atoms with Gasteiger partial charge < -0.3 is 43.6 Å². The lowest BCUT2D eigenvalue weighted by molar-refractivity contribution is -0.301. The number of aliphatic hydroxyl groups is 1. The summed E-state index contributed by atoms with van der Waals surface area (Å²) in [5, 5.41) is 9.92. The molecule has 4 aliphatic rings. The Morgan fingerprint density at radius 1 is 0.812 bits per heavy atom. The van der Waals surface area contributed by atoms with Gasteiger partial charge in [-0.2, -0.15) is 0 Å². The molecule has 48 heavy (non-hydrogen) atoms. The zero-order valence-corrected chi connectivity index (χ0v) is 31.7. The molecule has 0 aromatic heterocycles. The maximum absolute atomic E-state index is 9.92. The van der Waals surface area contributed by atoms with Crippen LogP contribution in [0, 0.1) is 46.3 Å². The number of ether oxygens (including phenoxy) is 4. The summed E-state index contributed by atoms with van der Waals surface area (Å²) < 4.78 is 31.3. The summed E-state index contributed by atoms with van der Waals surface area (Å²) in [7, 11) is -6.01. The highest BCUT2D eigenvalue weighted by molar-refractivity contribution is 7.40. The van der Waals surface area contributed by atoms with Gasteiger partial charge in [0.2, 0.25) is 0 Å². The van der Waals surface area contributed by atoms with E-state index in [0.717, 1.165) is 48.3 Å². The molecule has 0 saturated heterocycles. The van der Waals surface area contributed by atoms with E-state index in [1.54, 1.807) is 5.57 Å². The summed E-state index contributed by atoms with van der Waals surface area (Å²) in [5.74, 6) is 2.42. The van der Waals surface area contributed by atoms with Gasteiger partial charge in [-0.1, -0.05) is 65.5 Å². The van der Waals surface area contributed by atoms with E-state index in [1.807, 2.05) is 0 Å². The lowest BCUT2D eigenvalue weighted by Crippen LogP contribution is -2.51. The van der Waals surface area contributed by atoms with Crippen molar-refractivity contribution < 1.29 is 52.7 Å². The smallest absolute Gasteiger partial charge is 0.331 e. The zero-order chi connectivity index (χ0) is 35.0. The van der Waals surface area contributed by atoms with Crippen LogP contribution in [-0.2, 0) is 28.0 Å². The second-order valence-corrected chi connectivity index (χ2v) is 17.1. The average Bonchev–Trinajstić information content (AvgIpc) is 3.36. The molecule has 3 fully saturated rings. The third-order valence-corrected chi connectivity index (χ3v) is 13.2. The zero-order valence-electron chi connectivity index (χ0n) is 29.9. The fraction of sp³-hybridized carbons (Fsp3) is 0.943. The second-order valence-electron chi connectivity index (χ2n) is 15.7. The van der Waals surface area contributed by atoms with Crippen molar-refractivity contribution in [2.75, 3.05) is 46.2 Å². The third kappa shape index (κ3) is 10.8. The first kappa shape index (κ1) is 40.9. The van der Waals surface area contributed by atoms with Crippen molar-refractivity contribution >= 4 is 17.2 Å². The summed E-state index contributed by atoms with van der Waals surface area (Å²) in [6.45, 7) is 13.8. The Kier molecular flexibility index (Phi) is 16.0. The highest BCUT2D eigenvalue weighted by atomic mass is 31.2. The van der Waals surface area contributed by atoms with Gasteiger partial charge in [0.15, 0.2) is 0 Å². The van der Waals surface area contributed by atoms with Gasteiger partial charge in [-0.3, -0.25) is 9.05 Å². The third-order valence-electron chi connectivity index (χ3n) is 12.3. The average molecular weight is 723 g/mol. The monoisotopic (exact) mass is 722 g/mol. The Morgan fingerprint density at radius 2 is 1.46 bits per heavy atom. The number of hydrogen-bond acceptors (Lipinski definition) is 11. The minimum absolute atomic E-state index is 0.0258. The molecule has 3 saturated carbocycles. The first-order valence-electron chi connectivity index (χ1n) is 18.3. The highest BCUT2D eigenvalue weighted by Crippen LogP contribution is 2.67. The van der Waals surface area contributed by atoms with Gasteiger partial charge in [-0.05, 0) is 97.7 Å². The molecule has 0 amide bonds. The van der Waals surface area contributed by atoms with Crippen LogP contribution in [0.5, 0.6) is 0 Å². The normalized spacial score (nSPS) is 32.8. The van der Waals surface area contributed by atoms with Crippen molar-refractivity contribution in [3.8, 4) is 0 Å². The quantitative estimate of drug-likeness (QED) is 0.0378. The maximum atomic E-state index is 9.92. The molecular formula is C35H64O11P2. The van der Waals surface area contributed by atoms with Crippen molar-refractivity contribution in [2.45, 2.75) is 117 Å². The minimum atomic E-state index is -3.01.